The van der Waals surface area contributed by atoms with E-state index < -0.39 is 12.0 Å². The number of carboxylic acid groups (broad SMARTS) is 1. The maximum Gasteiger partial charge on any atom is 0.326 e. The molecule has 1 heterocycles. The van der Waals surface area contributed by atoms with Crippen molar-refractivity contribution < 1.29 is 14.6 Å². The molecule has 0 saturated heterocycles. The number of carboxylic acids is 1. The molecule has 0 radical (unpaired) electrons. The summed E-state index contributed by atoms with van der Waals surface area (Å²) in [6, 6.07) is 3.36. The summed E-state index contributed by atoms with van der Waals surface area (Å²) in [5.41, 5.74) is 3.17. The van der Waals surface area contributed by atoms with Gasteiger partial charge in [-0.3, -0.25) is 0 Å². The molecule has 0 bridgehead atoms. The Labute approximate surface area is 94.2 Å². The molecule has 0 amide bonds. The maximum absolute atomic E-state index is 10.9. The Bertz CT molecular complexity index is 429. The molecule has 2 rings (SSSR count). The van der Waals surface area contributed by atoms with Crippen molar-refractivity contribution in [3.63, 3.8) is 0 Å². The van der Waals surface area contributed by atoms with Crippen LogP contribution in [0.2, 0.25) is 0 Å². The van der Waals surface area contributed by atoms with E-state index in [9.17, 15) is 4.79 Å². The van der Waals surface area contributed by atoms with Gasteiger partial charge in [-0.2, -0.15) is 0 Å². The first kappa shape index (κ1) is 10.8. The van der Waals surface area contributed by atoms with Gasteiger partial charge < -0.3 is 15.2 Å². The van der Waals surface area contributed by atoms with Crippen molar-refractivity contribution in [2.45, 2.75) is 25.8 Å². The highest BCUT2D eigenvalue weighted by molar-refractivity contribution is 5.80. The van der Waals surface area contributed by atoms with Crippen LogP contribution in [0.15, 0.2) is 12.1 Å². The third-order valence-corrected chi connectivity index (χ3v) is 3.03. The van der Waals surface area contributed by atoms with Crippen LogP contribution in [-0.2, 0) is 11.2 Å². The summed E-state index contributed by atoms with van der Waals surface area (Å²) in [4.78, 5) is 10.9. The predicted octanol–water partition coefficient (Wildman–Crippen LogP) is 1.81. The first-order valence-electron chi connectivity index (χ1n) is 5.29. The van der Waals surface area contributed by atoms with E-state index in [2.05, 4.69) is 5.32 Å². The molecular formula is C12H15NO3. The molecule has 1 atom stereocenters. The third kappa shape index (κ3) is 1.71. The molecule has 16 heavy (non-hydrogen) atoms. The summed E-state index contributed by atoms with van der Waals surface area (Å²) in [6.07, 6.45) is 1.40. The van der Waals surface area contributed by atoms with Gasteiger partial charge in [0.2, 0.25) is 0 Å². The van der Waals surface area contributed by atoms with Gasteiger partial charge in [-0.25, -0.2) is 4.79 Å². The molecule has 4 nitrogen and oxygen atoms in total. The molecule has 1 aromatic rings. The Morgan fingerprint density at radius 1 is 1.56 bits per heavy atom. The minimum Gasteiger partial charge on any atom is -0.495 e. The second-order valence-electron chi connectivity index (χ2n) is 4.01. The quantitative estimate of drug-likeness (QED) is 0.799. The first-order chi connectivity index (χ1) is 7.63. The molecule has 2 N–H and O–H groups in total. The normalized spacial score (nSPS) is 18.5. The minimum absolute atomic E-state index is 0.511. The molecule has 0 aromatic heterocycles. The average molecular weight is 221 g/mol. The van der Waals surface area contributed by atoms with Gasteiger partial charge in [0.05, 0.1) is 12.8 Å². The van der Waals surface area contributed by atoms with Crippen LogP contribution in [0.25, 0.3) is 0 Å². The Hall–Kier alpha value is -1.71. The largest absolute Gasteiger partial charge is 0.495 e. The molecule has 0 spiro atoms. The number of aryl methyl sites for hydroxylation is 1. The van der Waals surface area contributed by atoms with Gasteiger partial charge in [0, 0.05) is 0 Å². The summed E-state index contributed by atoms with van der Waals surface area (Å²) in [6.45, 7) is 2.03. The van der Waals surface area contributed by atoms with E-state index in [1.54, 1.807) is 7.11 Å². The van der Waals surface area contributed by atoms with E-state index in [1.165, 1.54) is 5.56 Å². The fourth-order valence-corrected chi connectivity index (χ4v) is 2.10. The van der Waals surface area contributed by atoms with E-state index in [0.717, 1.165) is 17.7 Å². The first-order valence-corrected chi connectivity index (χ1v) is 5.29. The van der Waals surface area contributed by atoms with Gasteiger partial charge in [-0.1, -0.05) is 6.07 Å². The van der Waals surface area contributed by atoms with Crippen molar-refractivity contribution in [2.75, 3.05) is 12.4 Å². The highest BCUT2D eigenvalue weighted by Gasteiger charge is 2.26. The number of anilines is 1. The van der Waals surface area contributed by atoms with Gasteiger partial charge in [-0.05, 0) is 37.0 Å². The Morgan fingerprint density at radius 2 is 2.31 bits per heavy atom. The van der Waals surface area contributed by atoms with Crippen molar-refractivity contribution in [3.8, 4) is 5.75 Å². The zero-order valence-corrected chi connectivity index (χ0v) is 9.41. The van der Waals surface area contributed by atoms with Gasteiger partial charge in [0.1, 0.15) is 11.8 Å². The number of rotatable bonds is 2. The predicted molar refractivity (Wildman–Crippen MR) is 61.1 cm³/mol. The molecule has 4 heteroatoms. The number of carbonyl (C=O) groups is 1. The van der Waals surface area contributed by atoms with Crippen LogP contribution >= 0.6 is 0 Å². The van der Waals surface area contributed by atoms with E-state index in [1.807, 2.05) is 19.1 Å². The molecule has 0 aliphatic carbocycles. The zero-order valence-electron chi connectivity index (χ0n) is 9.41. The number of aliphatic carboxylic acids is 1. The highest BCUT2D eigenvalue weighted by atomic mass is 16.5. The van der Waals surface area contributed by atoms with Crippen LogP contribution in [-0.4, -0.2) is 24.2 Å². The number of nitrogens with one attached hydrogen (secondary N) is 1. The summed E-state index contributed by atoms with van der Waals surface area (Å²) in [5, 5.41) is 12.0. The van der Waals surface area contributed by atoms with Crippen molar-refractivity contribution in [1.29, 1.82) is 0 Å². The summed E-state index contributed by atoms with van der Waals surface area (Å²) in [5.74, 6) is -0.0965. The number of methoxy groups -OCH3 is 1. The lowest BCUT2D eigenvalue weighted by molar-refractivity contribution is -0.138. The molecule has 86 valence electrons. The van der Waals surface area contributed by atoms with E-state index in [0.29, 0.717) is 12.2 Å². The number of hydrogen-bond donors (Lipinski definition) is 2. The molecule has 1 aromatic carbocycles. The summed E-state index contributed by atoms with van der Waals surface area (Å²) >= 11 is 0. The molecule has 0 fully saturated rings. The number of ether oxygens (including phenoxy) is 1. The van der Waals surface area contributed by atoms with Crippen LogP contribution in [0.5, 0.6) is 5.75 Å². The fraction of sp³-hybridized carbons (Fsp3) is 0.417. The summed E-state index contributed by atoms with van der Waals surface area (Å²) < 4.78 is 5.24. The monoisotopic (exact) mass is 221 g/mol. The third-order valence-electron chi connectivity index (χ3n) is 3.03. The Balaban J connectivity index is 2.42. The Morgan fingerprint density at radius 3 is 2.94 bits per heavy atom. The fourth-order valence-electron chi connectivity index (χ4n) is 2.10. The molecule has 0 saturated carbocycles. The van der Waals surface area contributed by atoms with E-state index >= 15 is 0 Å². The van der Waals surface area contributed by atoms with Crippen molar-refractivity contribution in [2.24, 2.45) is 0 Å². The van der Waals surface area contributed by atoms with Crippen LogP contribution < -0.4 is 10.1 Å². The topological polar surface area (TPSA) is 58.6 Å². The second kappa shape index (κ2) is 4.04. The van der Waals surface area contributed by atoms with Crippen LogP contribution in [0.4, 0.5) is 5.69 Å². The van der Waals surface area contributed by atoms with E-state index in [4.69, 9.17) is 9.84 Å². The van der Waals surface area contributed by atoms with Gasteiger partial charge >= 0.3 is 5.97 Å². The van der Waals surface area contributed by atoms with Crippen LogP contribution in [0.1, 0.15) is 17.5 Å². The smallest absolute Gasteiger partial charge is 0.326 e. The lowest BCUT2D eigenvalue weighted by Crippen LogP contribution is -2.33. The number of benzene rings is 1. The lowest BCUT2D eigenvalue weighted by atomic mass is 9.94. The van der Waals surface area contributed by atoms with Gasteiger partial charge in [0.15, 0.2) is 0 Å². The van der Waals surface area contributed by atoms with E-state index in [-0.39, 0.29) is 0 Å². The standard InChI is InChI=1S/C12H15NO3/c1-7-3-6-10(16-2)11-8(7)4-5-9(13-11)12(14)15/h3,6,9,13H,4-5H2,1-2H3,(H,14,15). The SMILES string of the molecule is COc1ccc(C)c2c1NC(C(=O)O)CC2. The van der Waals surface area contributed by atoms with Crippen LogP contribution in [0, 0.1) is 6.92 Å². The van der Waals surface area contributed by atoms with Crippen molar-refractivity contribution >= 4 is 11.7 Å². The van der Waals surface area contributed by atoms with Crippen molar-refractivity contribution in [3.05, 3.63) is 23.3 Å². The maximum atomic E-state index is 10.9. The Kier molecular flexibility index (Phi) is 2.73. The second-order valence-corrected chi connectivity index (χ2v) is 4.01. The molecule has 1 aliphatic rings. The molecular weight excluding hydrogens is 206 g/mol. The number of hydrogen-bond acceptors (Lipinski definition) is 3. The van der Waals surface area contributed by atoms with Gasteiger partial charge in [0.25, 0.3) is 0 Å². The minimum atomic E-state index is -0.811. The zero-order chi connectivity index (χ0) is 11.7. The highest BCUT2D eigenvalue weighted by Crippen LogP contribution is 2.35. The molecule has 1 aliphatic heterocycles. The molecule has 1 unspecified atom stereocenters. The lowest BCUT2D eigenvalue weighted by Gasteiger charge is -2.27. The van der Waals surface area contributed by atoms with Gasteiger partial charge in [-0.15, -0.1) is 0 Å². The van der Waals surface area contributed by atoms with Crippen LogP contribution in [0.3, 0.4) is 0 Å². The summed E-state index contributed by atoms with van der Waals surface area (Å²) in [7, 11) is 1.59. The average Bonchev–Trinajstić information content (AvgIpc) is 2.29. The number of fused-ring (bicyclic) bond motifs is 1. The van der Waals surface area contributed by atoms with Crippen molar-refractivity contribution in [1.82, 2.24) is 0 Å².